The van der Waals surface area contributed by atoms with Crippen molar-refractivity contribution in [2.24, 2.45) is 0 Å². The molecule has 0 amide bonds. The van der Waals surface area contributed by atoms with Crippen LogP contribution in [0.1, 0.15) is 64.5 Å². The minimum Gasteiger partial charge on any atom is -0.478 e. The van der Waals surface area contributed by atoms with E-state index < -0.39 is 23.5 Å². The second kappa shape index (κ2) is 12.7. The van der Waals surface area contributed by atoms with Gasteiger partial charge >= 0.3 is 17.9 Å². The summed E-state index contributed by atoms with van der Waals surface area (Å²) < 4.78 is 0. The molecule has 4 rings (SSSR count). The number of benzene rings is 4. The highest BCUT2D eigenvalue weighted by molar-refractivity contribution is 6.07. The van der Waals surface area contributed by atoms with Gasteiger partial charge in [-0.25, -0.2) is 14.4 Å². The van der Waals surface area contributed by atoms with E-state index in [1.807, 2.05) is 91.0 Å². The largest absolute Gasteiger partial charge is 0.478 e. The van der Waals surface area contributed by atoms with Crippen molar-refractivity contribution in [3.8, 4) is 0 Å². The van der Waals surface area contributed by atoms with Crippen LogP contribution in [0.5, 0.6) is 0 Å². The van der Waals surface area contributed by atoms with Crippen molar-refractivity contribution in [1.82, 2.24) is 0 Å². The molecule has 6 heteroatoms. The van der Waals surface area contributed by atoms with Crippen LogP contribution in [0.2, 0.25) is 0 Å². The number of hydrogen-bond donors (Lipinski definition) is 3. The van der Waals surface area contributed by atoms with Crippen LogP contribution in [0.25, 0.3) is 0 Å². The average molecular weight is 523 g/mol. The fourth-order valence-corrected chi connectivity index (χ4v) is 5.18. The first kappa shape index (κ1) is 27.3. The van der Waals surface area contributed by atoms with Crippen LogP contribution in [0.3, 0.4) is 0 Å². The molecule has 0 radical (unpaired) electrons. The lowest BCUT2D eigenvalue weighted by Gasteiger charge is -2.22. The fraction of sp³-hybridized carbons (Fsp3) is 0.182. The van der Waals surface area contributed by atoms with E-state index >= 15 is 0 Å². The predicted octanol–water partition coefficient (Wildman–Crippen LogP) is 6.14. The summed E-state index contributed by atoms with van der Waals surface area (Å²) in [5.41, 5.74) is 2.74. The summed E-state index contributed by atoms with van der Waals surface area (Å²) in [6, 6.07) is 28.3. The Kier molecular flexibility index (Phi) is 8.90. The zero-order valence-corrected chi connectivity index (χ0v) is 21.5. The maximum absolute atomic E-state index is 12.8. The minimum absolute atomic E-state index is 0.0581. The normalized spacial score (nSPS) is 10.8. The Morgan fingerprint density at radius 1 is 0.385 bits per heavy atom. The molecular weight excluding hydrogens is 492 g/mol. The van der Waals surface area contributed by atoms with Crippen molar-refractivity contribution in [2.45, 2.75) is 38.5 Å². The van der Waals surface area contributed by atoms with Gasteiger partial charge in [0.15, 0.2) is 0 Å². The first-order valence-electron chi connectivity index (χ1n) is 12.9. The van der Waals surface area contributed by atoms with Crippen LogP contribution >= 0.6 is 0 Å². The molecule has 0 bridgehead atoms. The van der Waals surface area contributed by atoms with Gasteiger partial charge in [-0.1, -0.05) is 91.0 Å². The Morgan fingerprint density at radius 2 is 0.667 bits per heavy atom. The SMILES string of the molecule is O=C(O)c1c(CCc2ccccc2)c(CCc2ccccc2)c(C(=O)O)c(C(=O)O)c1CCc1ccccc1. The molecule has 0 saturated carbocycles. The van der Waals surface area contributed by atoms with E-state index in [4.69, 9.17) is 0 Å². The van der Waals surface area contributed by atoms with E-state index in [0.717, 1.165) is 16.7 Å². The van der Waals surface area contributed by atoms with Crippen LogP contribution in [0.4, 0.5) is 0 Å². The number of aryl methyl sites for hydroxylation is 3. The summed E-state index contributed by atoms with van der Waals surface area (Å²) in [6.45, 7) is 0. The molecule has 0 fully saturated rings. The number of carboxylic acid groups (broad SMARTS) is 3. The number of carbonyl (C=O) groups is 3. The zero-order chi connectivity index (χ0) is 27.8. The first-order valence-corrected chi connectivity index (χ1v) is 12.9. The van der Waals surface area contributed by atoms with Crippen molar-refractivity contribution in [3.05, 3.63) is 141 Å². The lowest BCUT2D eigenvalue weighted by molar-refractivity contribution is 0.0646. The molecule has 0 spiro atoms. The Hall–Kier alpha value is -4.71. The third-order valence-corrected chi connectivity index (χ3v) is 6.98. The van der Waals surface area contributed by atoms with E-state index in [0.29, 0.717) is 24.8 Å². The Labute approximate surface area is 227 Å². The molecule has 39 heavy (non-hydrogen) atoms. The van der Waals surface area contributed by atoms with Gasteiger partial charge in [0.1, 0.15) is 0 Å². The van der Waals surface area contributed by atoms with Gasteiger partial charge in [0.25, 0.3) is 0 Å². The maximum atomic E-state index is 12.8. The molecule has 0 aliphatic heterocycles. The van der Waals surface area contributed by atoms with Crippen LogP contribution in [0.15, 0.2) is 91.0 Å². The number of rotatable bonds is 12. The Balaban J connectivity index is 1.92. The minimum atomic E-state index is -1.44. The summed E-state index contributed by atoms with van der Waals surface area (Å²) in [6.07, 6.45) is 1.88. The average Bonchev–Trinajstić information content (AvgIpc) is 2.94. The molecule has 6 nitrogen and oxygen atoms in total. The molecule has 0 aliphatic rings. The summed E-state index contributed by atoms with van der Waals surface area (Å²) in [4.78, 5) is 38.1. The zero-order valence-electron chi connectivity index (χ0n) is 21.5. The summed E-state index contributed by atoms with van der Waals surface area (Å²) in [7, 11) is 0. The van der Waals surface area contributed by atoms with Gasteiger partial charge in [-0.2, -0.15) is 0 Å². The molecule has 4 aromatic rings. The molecule has 0 heterocycles. The van der Waals surface area contributed by atoms with Crippen LogP contribution in [0, 0.1) is 0 Å². The van der Waals surface area contributed by atoms with E-state index in [1.54, 1.807) is 0 Å². The third kappa shape index (κ3) is 6.60. The highest BCUT2D eigenvalue weighted by Crippen LogP contribution is 2.33. The molecule has 0 saturated heterocycles. The molecule has 198 valence electrons. The third-order valence-electron chi connectivity index (χ3n) is 6.98. The van der Waals surface area contributed by atoms with Gasteiger partial charge in [0.05, 0.1) is 16.7 Å². The van der Waals surface area contributed by atoms with Gasteiger partial charge in [-0.05, 0) is 71.9 Å². The summed E-state index contributed by atoms with van der Waals surface area (Å²) >= 11 is 0. The van der Waals surface area contributed by atoms with Gasteiger partial charge in [0, 0.05) is 0 Å². The smallest absolute Gasteiger partial charge is 0.336 e. The second-order valence-electron chi connectivity index (χ2n) is 9.43. The van der Waals surface area contributed by atoms with E-state index in [2.05, 4.69) is 0 Å². The highest BCUT2D eigenvalue weighted by atomic mass is 16.4. The van der Waals surface area contributed by atoms with Crippen LogP contribution < -0.4 is 0 Å². The first-order chi connectivity index (χ1) is 18.9. The molecule has 0 aliphatic carbocycles. The van der Waals surface area contributed by atoms with Gasteiger partial charge in [-0.3, -0.25) is 0 Å². The number of hydrogen-bond acceptors (Lipinski definition) is 3. The quantitative estimate of drug-likeness (QED) is 0.206. The van der Waals surface area contributed by atoms with Crippen molar-refractivity contribution >= 4 is 17.9 Å². The number of aromatic carboxylic acids is 3. The lowest BCUT2D eigenvalue weighted by Crippen LogP contribution is -2.23. The summed E-state index contributed by atoms with van der Waals surface area (Å²) in [5, 5.41) is 31.0. The topological polar surface area (TPSA) is 112 Å². The van der Waals surface area contributed by atoms with E-state index in [1.165, 1.54) is 0 Å². The molecule has 3 N–H and O–H groups in total. The highest BCUT2D eigenvalue weighted by Gasteiger charge is 2.32. The Bertz CT molecular complexity index is 1460. The van der Waals surface area contributed by atoms with Gasteiger partial charge in [-0.15, -0.1) is 0 Å². The molecule has 0 aromatic heterocycles. The number of carboxylic acids is 3. The van der Waals surface area contributed by atoms with Gasteiger partial charge < -0.3 is 15.3 Å². The molecular formula is C33H30O6. The second-order valence-corrected chi connectivity index (χ2v) is 9.43. The molecule has 0 atom stereocenters. The predicted molar refractivity (Wildman–Crippen MR) is 149 cm³/mol. The monoisotopic (exact) mass is 522 g/mol. The van der Waals surface area contributed by atoms with Crippen molar-refractivity contribution in [2.75, 3.05) is 0 Å². The van der Waals surface area contributed by atoms with E-state index in [9.17, 15) is 29.7 Å². The van der Waals surface area contributed by atoms with E-state index in [-0.39, 0.29) is 41.5 Å². The molecule has 4 aromatic carbocycles. The van der Waals surface area contributed by atoms with Crippen molar-refractivity contribution in [1.29, 1.82) is 0 Å². The Morgan fingerprint density at radius 3 is 1.00 bits per heavy atom. The fourth-order valence-electron chi connectivity index (χ4n) is 5.18. The summed E-state index contributed by atoms with van der Waals surface area (Å²) in [5.74, 6) is -4.05. The standard InChI is InChI=1S/C33H30O6/c34-31(35)28-25(19-16-22-10-4-1-5-11-22)26(20-17-23-12-6-2-7-13-23)29(32(36)37)30(33(38)39)27(28)21-18-24-14-8-3-9-15-24/h1-15H,16-21H2,(H,34,35)(H,36,37)(H,38,39). The van der Waals surface area contributed by atoms with Crippen molar-refractivity contribution in [3.63, 3.8) is 0 Å². The maximum Gasteiger partial charge on any atom is 0.336 e. The van der Waals surface area contributed by atoms with Crippen LogP contribution in [-0.2, 0) is 38.5 Å². The van der Waals surface area contributed by atoms with Gasteiger partial charge in [0.2, 0.25) is 0 Å². The van der Waals surface area contributed by atoms with Crippen molar-refractivity contribution < 1.29 is 29.7 Å². The molecule has 0 unspecified atom stereocenters. The lowest BCUT2D eigenvalue weighted by atomic mass is 9.80. The van der Waals surface area contributed by atoms with Crippen LogP contribution in [-0.4, -0.2) is 33.2 Å².